The number of H-pyrrole nitrogens is 1. The molecule has 0 fully saturated rings. The molecule has 2 N–H and O–H groups in total. The number of anilines is 1. The molecule has 4 rings (SSSR count). The summed E-state index contributed by atoms with van der Waals surface area (Å²) in [7, 11) is 0. The number of nitrogens with one attached hydrogen (secondary N) is 2. The van der Waals surface area contributed by atoms with Crippen molar-refractivity contribution in [1.29, 1.82) is 0 Å². The minimum atomic E-state index is -0.317. The third-order valence-electron chi connectivity index (χ3n) is 4.67. The van der Waals surface area contributed by atoms with Crippen molar-refractivity contribution in [2.24, 2.45) is 0 Å². The number of imidazole rings is 1. The number of hydrogen-bond acceptors (Lipinski definition) is 2. The highest BCUT2D eigenvalue weighted by Gasteiger charge is 2.32. The molecule has 25 heavy (non-hydrogen) atoms. The molecule has 2 aromatic carbocycles. The number of amides is 1. The van der Waals surface area contributed by atoms with Gasteiger partial charge in [0.05, 0.1) is 0 Å². The minimum Gasteiger partial charge on any atom is -0.345 e. The molecule has 0 radical (unpaired) electrons. The van der Waals surface area contributed by atoms with Gasteiger partial charge in [0.25, 0.3) is 0 Å². The Bertz CT molecular complexity index is 961. The summed E-state index contributed by atoms with van der Waals surface area (Å²) in [5, 5.41) is 2.95. The molecule has 0 spiro atoms. The first-order valence-corrected chi connectivity index (χ1v) is 8.18. The average molecular weight is 335 g/mol. The second-order valence-corrected chi connectivity index (χ2v) is 7.00. The fourth-order valence-corrected chi connectivity index (χ4v) is 3.47. The smallest absolute Gasteiger partial charge is 0.225 e. The molecule has 1 aliphatic heterocycles. The Morgan fingerprint density at radius 2 is 1.96 bits per heavy atom. The predicted molar refractivity (Wildman–Crippen MR) is 95.7 cm³/mol. The Labute approximate surface area is 145 Å². The van der Waals surface area contributed by atoms with Crippen LogP contribution < -0.4 is 5.32 Å². The van der Waals surface area contributed by atoms with Crippen molar-refractivity contribution in [1.82, 2.24) is 9.97 Å². The van der Waals surface area contributed by atoms with E-state index in [0.717, 1.165) is 22.4 Å². The zero-order valence-corrected chi connectivity index (χ0v) is 14.1. The fourth-order valence-electron chi connectivity index (χ4n) is 3.47. The van der Waals surface area contributed by atoms with Gasteiger partial charge >= 0.3 is 0 Å². The average Bonchev–Trinajstić information content (AvgIpc) is 3.07. The highest BCUT2D eigenvalue weighted by Crippen LogP contribution is 2.40. The van der Waals surface area contributed by atoms with Crippen LogP contribution in [0.2, 0.25) is 0 Å². The first-order chi connectivity index (χ1) is 11.9. The maximum absolute atomic E-state index is 13.8. The second kappa shape index (κ2) is 5.55. The summed E-state index contributed by atoms with van der Waals surface area (Å²) in [5.41, 5.74) is 4.17. The Morgan fingerprint density at radius 1 is 1.12 bits per heavy atom. The van der Waals surface area contributed by atoms with Crippen molar-refractivity contribution < 1.29 is 9.18 Å². The van der Waals surface area contributed by atoms with Gasteiger partial charge in [-0.1, -0.05) is 32.0 Å². The van der Waals surface area contributed by atoms with E-state index >= 15 is 0 Å². The van der Waals surface area contributed by atoms with Crippen molar-refractivity contribution in [3.63, 3.8) is 0 Å². The molecule has 0 saturated carbocycles. The molecule has 2 heterocycles. The van der Waals surface area contributed by atoms with E-state index in [2.05, 4.69) is 29.1 Å². The van der Waals surface area contributed by atoms with Crippen molar-refractivity contribution in [3.8, 4) is 22.5 Å². The largest absolute Gasteiger partial charge is 0.345 e. The zero-order valence-electron chi connectivity index (χ0n) is 14.1. The van der Waals surface area contributed by atoms with Gasteiger partial charge in [-0.3, -0.25) is 4.79 Å². The lowest BCUT2D eigenvalue weighted by atomic mass is 9.77. The molecule has 1 amide bonds. The van der Waals surface area contributed by atoms with E-state index in [4.69, 9.17) is 0 Å². The van der Waals surface area contributed by atoms with Crippen LogP contribution in [0.15, 0.2) is 48.8 Å². The monoisotopic (exact) mass is 335 g/mol. The lowest BCUT2D eigenvalue weighted by Crippen LogP contribution is -2.32. The van der Waals surface area contributed by atoms with Gasteiger partial charge in [-0.15, -0.1) is 0 Å². The third-order valence-corrected chi connectivity index (χ3v) is 4.67. The van der Waals surface area contributed by atoms with Gasteiger partial charge in [0.1, 0.15) is 11.6 Å². The van der Waals surface area contributed by atoms with Crippen molar-refractivity contribution in [2.45, 2.75) is 25.7 Å². The van der Waals surface area contributed by atoms with Crippen LogP contribution in [0.25, 0.3) is 22.5 Å². The number of carbonyl (C=O) groups excluding carboxylic acids is 1. The van der Waals surface area contributed by atoms with Gasteiger partial charge < -0.3 is 10.3 Å². The molecule has 5 heteroatoms. The SMILES string of the molecule is CC1(C)CC(=O)Nc2cc(-c3ccc(F)cc3-c3ncc[nH]3)ccc21. The maximum atomic E-state index is 13.8. The van der Waals surface area contributed by atoms with Gasteiger partial charge in [-0.05, 0) is 34.9 Å². The zero-order chi connectivity index (χ0) is 17.6. The van der Waals surface area contributed by atoms with Gasteiger partial charge in [-0.2, -0.15) is 0 Å². The van der Waals surface area contributed by atoms with Crippen LogP contribution in [0, 0.1) is 5.82 Å². The topological polar surface area (TPSA) is 57.8 Å². The van der Waals surface area contributed by atoms with E-state index in [-0.39, 0.29) is 17.1 Å². The number of aromatic nitrogens is 2. The molecule has 1 aromatic heterocycles. The first-order valence-electron chi connectivity index (χ1n) is 8.18. The lowest BCUT2D eigenvalue weighted by Gasteiger charge is -2.32. The van der Waals surface area contributed by atoms with Crippen molar-refractivity contribution in [3.05, 3.63) is 60.2 Å². The minimum absolute atomic E-state index is 0.0139. The van der Waals surface area contributed by atoms with E-state index in [9.17, 15) is 9.18 Å². The molecule has 0 bridgehead atoms. The predicted octanol–water partition coefficient (Wildman–Crippen LogP) is 4.50. The summed E-state index contributed by atoms with van der Waals surface area (Å²) in [6.45, 7) is 4.13. The number of benzene rings is 2. The van der Waals surface area contributed by atoms with Gasteiger partial charge in [-0.25, -0.2) is 9.37 Å². The van der Waals surface area contributed by atoms with Crippen LogP contribution in [0.5, 0.6) is 0 Å². The number of nitrogens with zero attached hydrogens (tertiary/aromatic N) is 1. The fraction of sp³-hybridized carbons (Fsp3) is 0.200. The van der Waals surface area contributed by atoms with Crippen LogP contribution >= 0.6 is 0 Å². The number of rotatable bonds is 2. The molecule has 0 aliphatic carbocycles. The Balaban J connectivity index is 1.87. The van der Waals surface area contributed by atoms with E-state index in [1.807, 2.05) is 18.2 Å². The Hall–Kier alpha value is -2.95. The van der Waals surface area contributed by atoms with Gasteiger partial charge in [0.2, 0.25) is 5.91 Å². The molecule has 0 unspecified atom stereocenters. The summed E-state index contributed by atoms with van der Waals surface area (Å²) in [6, 6.07) is 10.6. The van der Waals surface area contributed by atoms with Crippen LogP contribution in [-0.4, -0.2) is 15.9 Å². The number of halogens is 1. The van der Waals surface area contributed by atoms with E-state index in [1.165, 1.54) is 12.1 Å². The molecule has 1 aliphatic rings. The van der Waals surface area contributed by atoms with E-state index < -0.39 is 0 Å². The summed E-state index contributed by atoms with van der Waals surface area (Å²) in [5.74, 6) is 0.305. The van der Waals surface area contributed by atoms with E-state index in [1.54, 1.807) is 18.5 Å². The number of carbonyl (C=O) groups is 1. The molecule has 4 nitrogen and oxygen atoms in total. The summed E-state index contributed by atoms with van der Waals surface area (Å²) in [6.07, 6.45) is 3.81. The summed E-state index contributed by atoms with van der Waals surface area (Å²) in [4.78, 5) is 19.3. The Kier molecular flexibility index (Phi) is 3.46. The number of fused-ring (bicyclic) bond motifs is 1. The molecule has 0 atom stereocenters. The molecule has 126 valence electrons. The standard InChI is InChI=1S/C20H18FN3O/c1-20(2)11-18(25)24-17-9-12(3-6-16(17)20)14-5-4-13(21)10-15(14)19-22-7-8-23-19/h3-10H,11H2,1-2H3,(H,22,23)(H,24,25). The lowest BCUT2D eigenvalue weighted by molar-refractivity contribution is -0.117. The van der Waals surface area contributed by atoms with Crippen LogP contribution in [0.1, 0.15) is 25.8 Å². The summed E-state index contributed by atoms with van der Waals surface area (Å²) >= 11 is 0. The summed E-state index contributed by atoms with van der Waals surface area (Å²) < 4.78 is 13.8. The third kappa shape index (κ3) is 2.71. The van der Waals surface area contributed by atoms with Crippen LogP contribution in [-0.2, 0) is 10.2 Å². The quantitative estimate of drug-likeness (QED) is 0.724. The van der Waals surface area contributed by atoms with Crippen molar-refractivity contribution >= 4 is 11.6 Å². The number of aromatic amines is 1. The highest BCUT2D eigenvalue weighted by molar-refractivity contribution is 5.96. The van der Waals surface area contributed by atoms with E-state index in [0.29, 0.717) is 17.8 Å². The first kappa shape index (κ1) is 15.6. The molecular weight excluding hydrogens is 317 g/mol. The van der Waals surface area contributed by atoms with Gasteiger partial charge in [0.15, 0.2) is 0 Å². The van der Waals surface area contributed by atoms with Gasteiger partial charge in [0, 0.05) is 35.5 Å². The second-order valence-electron chi connectivity index (χ2n) is 7.00. The normalized spacial score (nSPS) is 15.6. The molecule has 0 saturated heterocycles. The number of hydrogen-bond donors (Lipinski definition) is 2. The Morgan fingerprint density at radius 3 is 2.72 bits per heavy atom. The molecular formula is C20H18FN3O. The van der Waals surface area contributed by atoms with Crippen molar-refractivity contribution in [2.75, 3.05) is 5.32 Å². The molecule has 3 aromatic rings. The van der Waals surface area contributed by atoms with Crippen LogP contribution in [0.3, 0.4) is 0 Å². The highest BCUT2D eigenvalue weighted by atomic mass is 19.1. The van der Waals surface area contributed by atoms with Crippen LogP contribution in [0.4, 0.5) is 10.1 Å². The maximum Gasteiger partial charge on any atom is 0.225 e.